The quantitative estimate of drug-likeness (QED) is 0.789. The maximum Gasteiger partial charge on any atom is 0.238 e. The molecule has 1 aromatic rings. The molecule has 1 aromatic carbocycles. The number of amides is 2. The SMILES string of the molecule is COCCN1C[C@H](NCC(=O)Nc2cccc(C)c2C)CC1=O. The van der Waals surface area contributed by atoms with Gasteiger partial charge in [0.25, 0.3) is 0 Å². The number of likely N-dealkylation sites (tertiary alicyclic amines) is 1. The lowest BCUT2D eigenvalue weighted by Crippen LogP contribution is -2.38. The molecule has 1 fully saturated rings. The number of nitrogens with one attached hydrogen (secondary N) is 2. The lowest BCUT2D eigenvalue weighted by molar-refractivity contribution is -0.128. The van der Waals surface area contributed by atoms with Crippen LogP contribution in [0.2, 0.25) is 0 Å². The molecule has 0 unspecified atom stereocenters. The number of hydrogen-bond acceptors (Lipinski definition) is 4. The second-order valence-electron chi connectivity index (χ2n) is 5.91. The maximum absolute atomic E-state index is 12.1. The largest absolute Gasteiger partial charge is 0.383 e. The summed E-state index contributed by atoms with van der Waals surface area (Å²) < 4.78 is 4.99. The predicted octanol–water partition coefficient (Wildman–Crippen LogP) is 1.08. The van der Waals surface area contributed by atoms with E-state index >= 15 is 0 Å². The number of carbonyl (C=O) groups excluding carboxylic acids is 2. The number of ether oxygens (including phenoxy) is 1. The summed E-state index contributed by atoms with van der Waals surface area (Å²) in [7, 11) is 1.62. The second-order valence-corrected chi connectivity index (χ2v) is 5.91. The molecule has 6 nitrogen and oxygen atoms in total. The number of anilines is 1. The highest BCUT2D eigenvalue weighted by molar-refractivity contribution is 5.93. The average Bonchev–Trinajstić information content (AvgIpc) is 2.88. The Morgan fingerprint density at radius 3 is 2.91 bits per heavy atom. The zero-order valence-corrected chi connectivity index (χ0v) is 14.0. The van der Waals surface area contributed by atoms with E-state index in [1.165, 1.54) is 0 Å². The molecule has 23 heavy (non-hydrogen) atoms. The number of carbonyl (C=O) groups is 2. The molecule has 0 spiro atoms. The summed E-state index contributed by atoms with van der Waals surface area (Å²) in [4.78, 5) is 25.7. The number of aryl methyl sites for hydroxylation is 1. The molecule has 1 atom stereocenters. The summed E-state index contributed by atoms with van der Waals surface area (Å²) >= 11 is 0. The Kier molecular flexibility index (Phi) is 6.12. The molecule has 2 N–H and O–H groups in total. The molecule has 2 rings (SSSR count). The van der Waals surface area contributed by atoms with E-state index in [-0.39, 0.29) is 24.4 Å². The third-order valence-corrected chi connectivity index (χ3v) is 4.21. The molecule has 0 aliphatic carbocycles. The topological polar surface area (TPSA) is 70.7 Å². The van der Waals surface area contributed by atoms with E-state index in [4.69, 9.17) is 4.74 Å². The Hall–Kier alpha value is -1.92. The van der Waals surface area contributed by atoms with Crippen molar-refractivity contribution in [3.05, 3.63) is 29.3 Å². The van der Waals surface area contributed by atoms with Crippen LogP contribution in [0.4, 0.5) is 5.69 Å². The Morgan fingerprint density at radius 2 is 2.17 bits per heavy atom. The van der Waals surface area contributed by atoms with Crippen LogP contribution in [-0.2, 0) is 14.3 Å². The number of benzene rings is 1. The monoisotopic (exact) mass is 319 g/mol. The lowest BCUT2D eigenvalue weighted by Gasteiger charge is -2.16. The number of nitrogens with zero attached hydrogens (tertiary/aromatic N) is 1. The van der Waals surface area contributed by atoms with Crippen molar-refractivity contribution in [2.45, 2.75) is 26.3 Å². The predicted molar refractivity (Wildman–Crippen MR) is 89.4 cm³/mol. The molecule has 126 valence electrons. The highest BCUT2D eigenvalue weighted by Gasteiger charge is 2.29. The summed E-state index contributed by atoms with van der Waals surface area (Å²) in [5, 5.41) is 6.07. The van der Waals surface area contributed by atoms with Gasteiger partial charge in [0.05, 0.1) is 13.2 Å². The van der Waals surface area contributed by atoms with Crippen molar-refractivity contribution < 1.29 is 14.3 Å². The van der Waals surface area contributed by atoms with Gasteiger partial charge in [0.2, 0.25) is 11.8 Å². The zero-order valence-electron chi connectivity index (χ0n) is 14.0. The fourth-order valence-electron chi connectivity index (χ4n) is 2.64. The van der Waals surface area contributed by atoms with E-state index < -0.39 is 0 Å². The van der Waals surface area contributed by atoms with Crippen molar-refractivity contribution in [3.63, 3.8) is 0 Å². The van der Waals surface area contributed by atoms with Gasteiger partial charge < -0.3 is 20.3 Å². The van der Waals surface area contributed by atoms with E-state index in [0.717, 1.165) is 16.8 Å². The zero-order chi connectivity index (χ0) is 16.8. The summed E-state index contributed by atoms with van der Waals surface area (Å²) in [5.41, 5.74) is 3.05. The van der Waals surface area contributed by atoms with Crippen LogP contribution in [0.5, 0.6) is 0 Å². The molecule has 6 heteroatoms. The molecular weight excluding hydrogens is 294 g/mol. The van der Waals surface area contributed by atoms with Gasteiger partial charge in [0.15, 0.2) is 0 Å². The van der Waals surface area contributed by atoms with E-state index in [1.54, 1.807) is 12.0 Å². The first-order valence-electron chi connectivity index (χ1n) is 7.87. The average molecular weight is 319 g/mol. The molecule has 1 saturated heterocycles. The normalized spacial score (nSPS) is 17.6. The van der Waals surface area contributed by atoms with Crippen LogP contribution in [0.3, 0.4) is 0 Å². The standard InChI is InChI=1S/C17H25N3O3/c1-12-5-4-6-15(13(12)2)19-16(21)10-18-14-9-17(22)20(11-14)7-8-23-3/h4-6,14,18H,7-11H2,1-3H3,(H,19,21)/t14-/m1/s1. The third kappa shape index (κ3) is 4.77. The molecule has 0 radical (unpaired) electrons. The van der Waals surface area contributed by atoms with Crippen LogP contribution in [-0.4, -0.2) is 56.1 Å². The first-order valence-corrected chi connectivity index (χ1v) is 7.87. The first-order chi connectivity index (χ1) is 11.0. The van der Waals surface area contributed by atoms with Gasteiger partial charge in [-0.3, -0.25) is 9.59 Å². The van der Waals surface area contributed by atoms with Gasteiger partial charge in [-0.1, -0.05) is 12.1 Å². The van der Waals surface area contributed by atoms with Crippen LogP contribution in [0.25, 0.3) is 0 Å². The molecule has 1 heterocycles. The summed E-state index contributed by atoms with van der Waals surface area (Å²) in [6.45, 7) is 5.96. The second kappa shape index (κ2) is 8.08. The Morgan fingerprint density at radius 1 is 1.39 bits per heavy atom. The van der Waals surface area contributed by atoms with Gasteiger partial charge in [0, 0.05) is 38.3 Å². The van der Waals surface area contributed by atoms with Crippen LogP contribution < -0.4 is 10.6 Å². The maximum atomic E-state index is 12.1. The van der Waals surface area contributed by atoms with Crippen LogP contribution in [0.1, 0.15) is 17.5 Å². The van der Waals surface area contributed by atoms with E-state index in [9.17, 15) is 9.59 Å². The molecular formula is C17H25N3O3. The summed E-state index contributed by atoms with van der Waals surface area (Å²) in [6.07, 6.45) is 0.431. The number of rotatable bonds is 7. The van der Waals surface area contributed by atoms with Gasteiger partial charge in [-0.05, 0) is 31.0 Å². The van der Waals surface area contributed by atoms with Crippen molar-refractivity contribution in [1.82, 2.24) is 10.2 Å². The van der Waals surface area contributed by atoms with Crippen molar-refractivity contribution in [3.8, 4) is 0 Å². The number of hydrogen-bond donors (Lipinski definition) is 2. The van der Waals surface area contributed by atoms with Crippen LogP contribution in [0, 0.1) is 13.8 Å². The first kappa shape index (κ1) is 17.4. The fourth-order valence-corrected chi connectivity index (χ4v) is 2.64. The highest BCUT2D eigenvalue weighted by Crippen LogP contribution is 2.17. The smallest absolute Gasteiger partial charge is 0.238 e. The minimum Gasteiger partial charge on any atom is -0.383 e. The minimum absolute atomic E-state index is 0.0173. The lowest BCUT2D eigenvalue weighted by atomic mass is 10.1. The van der Waals surface area contributed by atoms with Gasteiger partial charge in [-0.2, -0.15) is 0 Å². The highest BCUT2D eigenvalue weighted by atomic mass is 16.5. The summed E-state index contributed by atoms with van der Waals surface area (Å²) in [5.74, 6) is 0.0102. The molecule has 0 bridgehead atoms. The van der Waals surface area contributed by atoms with E-state index in [1.807, 2.05) is 32.0 Å². The Bertz CT molecular complexity index is 574. The van der Waals surface area contributed by atoms with Crippen LogP contribution >= 0.6 is 0 Å². The van der Waals surface area contributed by atoms with Crippen molar-refractivity contribution >= 4 is 17.5 Å². The van der Waals surface area contributed by atoms with Crippen LogP contribution in [0.15, 0.2) is 18.2 Å². The molecule has 0 saturated carbocycles. The molecule has 0 aromatic heterocycles. The van der Waals surface area contributed by atoms with Crippen molar-refractivity contribution in [1.29, 1.82) is 0 Å². The molecule has 1 aliphatic heterocycles. The van der Waals surface area contributed by atoms with E-state index in [0.29, 0.717) is 26.1 Å². The van der Waals surface area contributed by atoms with Crippen molar-refractivity contribution in [2.24, 2.45) is 0 Å². The molecule has 2 amide bonds. The number of methoxy groups -OCH3 is 1. The Labute approximate surface area is 137 Å². The summed E-state index contributed by atoms with van der Waals surface area (Å²) in [6, 6.07) is 5.85. The van der Waals surface area contributed by atoms with Gasteiger partial charge in [-0.25, -0.2) is 0 Å². The molecule has 1 aliphatic rings. The minimum atomic E-state index is -0.0958. The Balaban J connectivity index is 1.79. The van der Waals surface area contributed by atoms with E-state index in [2.05, 4.69) is 10.6 Å². The van der Waals surface area contributed by atoms with Gasteiger partial charge >= 0.3 is 0 Å². The van der Waals surface area contributed by atoms with Gasteiger partial charge in [0.1, 0.15) is 0 Å². The third-order valence-electron chi connectivity index (χ3n) is 4.21. The van der Waals surface area contributed by atoms with Gasteiger partial charge in [-0.15, -0.1) is 0 Å². The van der Waals surface area contributed by atoms with Crippen molar-refractivity contribution in [2.75, 3.05) is 38.7 Å². The fraction of sp³-hybridized carbons (Fsp3) is 0.529.